The molecule has 0 saturated carbocycles. The number of carbonyl (C=O) groups is 2. The molecule has 11 nitrogen and oxygen atoms in total. The maximum atomic E-state index is 13.0. The Morgan fingerprint density at radius 1 is 1.23 bits per heavy atom. The van der Waals surface area contributed by atoms with Crippen LogP contribution in [0.4, 0.5) is 16.2 Å². The number of non-ortho nitro benzene ring substituents is 1. The zero-order chi connectivity index (χ0) is 22.6. The van der Waals surface area contributed by atoms with Crippen molar-refractivity contribution >= 4 is 33.4 Å². The number of ether oxygens (including phenoxy) is 1. The smallest absolute Gasteiger partial charge is 0.409 e. The Kier molecular flexibility index (Phi) is 7.24. The van der Waals surface area contributed by atoms with Gasteiger partial charge in [0.1, 0.15) is 6.04 Å². The summed E-state index contributed by atoms with van der Waals surface area (Å²) in [6, 6.07) is 2.76. The second-order valence-corrected chi connectivity index (χ2v) is 8.83. The molecule has 1 aliphatic heterocycles. The number of carbonyl (C=O) groups excluding carboxylic acids is 2. The average Bonchev–Trinajstić information content (AvgIpc) is 2.68. The Balaban J connectivity index is 2.26. The first-order valence-corrected chi connectivity index (χ1v) is 11.3. The zero-order valence-electron chi connectivity index (χ0n) is 17.4. The Hall–Kier alpha value is -2.89. The SMILES string of the molecule is CCOC(=O)N1CCN(C(=O)[C@H](C)N(c2cc([N+](=O)[O-])ccc2C)S(C)(=O)=O)CC1. The molecule has 12 heteroatoms. The fourth-order valence-corrected chi connectivity index (χ4v) is 4.53. The second kappa shape index (κ2) is 9.28. The van der Waals surface area contributed by atoms with Gasteiger partial charge < -0.3 is 14.5 Å². The third-order valence-electron chi connectivity index (χ3n) is 4.82. The van der Waals surface area contributed by atoms with E-state index >= 15 is 0 Å². The van der Waals surface area contributed by atoms with Crippen LogP contribution in [0.3, 0.4) is 0 Å². The molecule has 0 unspecified atom stereocenters. The summed E-state index contributed by atoms with van der Waals surface area (Å²) in [5, 5.41) is 11.1. The Labute approximate surface area is 175 Å². The third kappa shape index (κ3) is 5.17. The van der Waals surface area contributed by atoms with Crippen molar-refractivity contribution in [3.8, 4) is 0 Å². The minimum atomic E-state index is -3.92. The van der Waals surface area contributed by atoms with Crippen molar-refractivity contribution in [3.63, 3.8) is 0 Å². The van der Waals surface area contributed by atoms with Crippen molar-refractivity contribution in [3.05, 3.63) is 33.9 Å². The molecular formula is C18H26N4O7S. The van der Waals surface area contributed by atoms with Crippen LogP contribution in [-0.4, -0.2) is 80.2 Å². The number of nitrogens with zero attached hydrogens (tertiary/aromatic N) is 4. The molecule has 30 heavy (non-hydrogen) atoms. The molecule has 166 valence electrons. The van der Waals surface area contributed by atoms with Crippen LogP contribution in [0, 0.1) is 17.0 Å². The van der Waals surface area contributed by atoms with E-state index in [1.165, 1.54) is 28.9 Å². The molecule has 0 aromatic heterocycles. The van der Waals surface area contributed by atoms with Gasteiger partial charge in [-0.25, -0.2) is 13.2 Å². The van der Waals surface area contributed by atoms with E-state index in [0.29, 0.717) is 5.56 Å². The Bertz CT molecular complexity index is 926. The highest BCUT2D eigenvalue weighted by Gasteiger charge is 2.35. The van der Waals surface area contributed by atoms with E-state index in [-0.39, 0.29) is 44.2 Å². The fourth-order valence-electron chi connectivity index (χ4n) is 3.31. The van der Waals surface area contributed by atoms with Crippen molar-refractivity contribution in [2.24, 2.45) is 0 Å². The molecule has 0 N–H and O–H groups in total. The molecular weight excluding hydrogens is 416 g/mol. The lowest BCUT2D eigenvalue weighted by molar-refractivity contribution is -0.384. The van der Waals surface area contributed by atoms with Crippen LogP contribution in [-0.2, 0) is 19.6 Å². The average molecular weight is 442 g/mol. The number of aryl methyl sites for hydroxylation is 1. The van der Waals surface area contributed by atoms with Crippen molar-refractivity contribution in [2.45, 2.75) is 26.8 Å². The van der Waals surface area contributed by atoms with Gasteiger partial charge in [-0.1, -0.05) is 6.07 Å². The third-order valence-corrected chi connectivity index (χ3v) is 6.05. The van der Waals surface area contributed by atoms with Gasteiger partial charge in [0.05, 0.1) is 23.5 Å². The van der Waals surface area contributed by atoms with E-state index in [9.17, 15) is 28.1 Å². The number of hydrogen-bond donors (Lipinski definition) is 0. The predicted octanol–water partition coefficient (Wildman–Crippen LogP) is 1.36. The van der Waals surface area contributed by atoms with Gasteiger partial charge in [-0.3, -0.25) is 19.2 Å². The number of nitro groups is 1. The number of benzene rings is 1. The summed E-state index contributed by atoms with van der Waals surface area (Å²) in [5.41, 5.74) is 0.294. The summed E-state index contributed by atoms with van der Waals surface area (Å²) in [4.78, 5) is 38.3. The van der Waals surface area contributed by atoms with Crippen molar-refractivity contribution in [1.82, 2.24) is 9.80 Å². The number of amides is 2. The predicted molar refractivity (Wildman–Crippen MR) is 110 cm³/mol. The highest BCUT2D eigenvalue weighted by Crippen LogP contribution is 2.29. The van der Waals surface area contributed by atoms with E-state index in [1.807, 2.05) is 0 Å². The Morgan fingerprint density at radius 3 is 2.30 bits per heavy atom. The minimum Gasteiger partial charge on any atom is -0.450 e. The van der Waals surface area contributed by atoms with Gasteiger partial charge in [0.25, 0.3) is 5.69 Å². The monoisotopic (exact) mass is 442 g/mol. The number of piperazine rings is 1. The molecule has 1 aromatic carbocycles. The highest BCUT2D eigenvalue weighted by molar-refractivity contribution is 7.92. The summed E-state index contributed by atoms with van der Waals surface area (Å²) in [6.45, 7) is 6.01. The van der Waals surface area contributed by atoms with Crippen LogP contribution < -0.4 is 4.31 Å². The summed E-state index contributed by atoms with van der Waals surface area (Å²) >= 11 is 0. The molecule has 0 aliphatic carbocycles. The normalized spacial score (nSPS) is 15.5. The van der Waals surface area contributed by atoms with Gasteiger partial charge in [-0.2, -0.15) is 0 Å². The molecule has 1 atom stereocenters. The number of anilines is 1. The van der Waals surface area contributed by atoms with E-state index in [4.69, 9.17) is 4.74 Å². The lowest BCUT2D eigenvalue weighted by Crippen LogP contribution is -2.56. The Morgan fingerprint density at radius 2 is 1.80 bits per heavy atom. The molecule has 1 fully saturated rings. The molecule has 0 spiro atoms. The maximum absolute atomic E-state index is 13.0. The van der Waals surface area contributed by atoms with Crippen molar-refractivity contribution in [2.75, 3.05) is 43.3 Å². The van der Waals surface area contributed by atoms with E-state index < -0.39 is 33.0 Å². The topological polar surface area (TPSA) is 130 Å². The summed E-state index contributed by atoms with van der Waals surface area (Å²) in [5.74, 6) is -0.449. The van der Waals surface area contributed by atoms with Crippen molar-refractivity contribution in [1.29, 1.82) is 0 Å². The zero-order valence-corrected chi connectivity index (χ0v) is 18.2. The fraction of sp³-hybridized carbons (Fsp3) is 0.556. The van der Waals surface area contributed by atoms with Gasteiger partial charge in [0.2, 0.25) is 15.9 Å². The van der Waals surface area contributed by atoms with E-state index in [1.54, 1.807) is 13.8 Å². The lowest BCUT2D eigenvalue weighted by atomic mass is 10.1. The first-order chi connectivity index (χ1) is 14.0. The second-order valence-electron chi connectivity index (χ2n) is 6.97. The number of nitro benzene ring substituents is 1. The largest absolute Gasteiger partial charge is 0.450 e. The minimum absolute atomic E-state index is 0.0812. The van der Waals surface area contributed by atoms with Gasteiger partial charge in [-0.15, -0.1) is 0 Å². The molecule has 2 rings (SSSR count). The van der Waals surface area contributed by atoms with Crippen LogP contribution in [0.1, 0.15) is 19.4 Å². The van der Waals surface area contributed by atoms with E-state index in [2.05, 4.69) is 0 Å². The van der Waals surface area contributed by atoms with Crippen LogP contribution in [0.5, 0.6) is 0 Å². The first-order valence-electron chi connectivity index (χ1n) is 9.42. The first kappa shape index (κ1) is 23.4. The van der Waals surface area contributed by atoms with E-state index in [0.717, 1.165) is 16.6 Å². The lowest BCUT2D eigenvalue weighted by Gasteiger charge is -2.37. The number of rotatable bonds is 6. The van der Waals surface area contributed by atoms with Crippen LogP contribution in [0.2, 0.25) is 0 Å². The van der Waals surface area contributed by atoms with Crippen molar-refractivity contribution < 1.29 is 27.7 Å². The maximum Gasteiger partial charge on any atom is 0.409 e. The molecule has 1 saturated heterocycles. The number of hydrogen-bond acceptors (Lipinski definition) is 7. The molecule has 2 amide bonds. The van der Waals surface area contributed by atoms with Gasteiger partial charge in [0, 0.05) is 38.3 Å². The standard InChI is InChI=1S/C18H26N4O7S/c1-5-29-18(24)20-10-8-19(9-11-20)17(23)14(3)21(30(4,27)28)16-12-15(22(25)26)7-6-13(16)2/h6-7,12,14H,5,8-11H2,1-4H3/t14-/m0/s1. The summed E-state index contributed by atoms with van der Waals surface area (Å²) in [7, 11) is -3.92. The van der Waals surface area contributed by atoms with Crippen LogP contribution in [0.15, 0.2) is 18.2 Å². The number of sulfonamides is 1. The molecule has 1 aromatic rings. The molecule has 0 bridgehead atoms. The molecule has 1 aliphatic rings. The molecule has 1 heterocycles. The van der Waals surface area contributed by atoms with Crippen LogP contribution in [0.25, 0.3) is 0 Å². The summed E-state index contributed by atoms with van der Waals surface area (Å²) < 4.78 is 30.9. The highest BCUT2D eigenvalue weighted by atomic mass is 32.2. The van der Waals surface area contributed by atoms with Gasteiger partial charge >= 0.3 is 6.09 Å². The summed E-state index contributed by atoms with van der Waals surface area (Å²) in [6.07, 6.45) is 0.496. The van der Waals surface area contributed by atoms with Gasteiger partial charge in [-0.05, 0) is 26.3 Å². The quantitative estimate of drug-likeness (QED) is 0.480. The van der Waals surface area contributed by atoms with Crippen LogP contribution >= 0.6 is 0 Å². The molecule has 0 radical (unpaired) electrons. The van der Waals surface area contributed by atoms with Gasteiger partial charge in [0.15, 0.2) is 0 Å².